The van der Waals surface area contributed by atoms with Crippen molar-refractivity contribution >= 4 is 10.0 Å². The number of piperidine rings is 1. The minimum atomic E-state index is -3.39. The molecule has 1 fully saturated rings. The lowest BCUT2D eigenvalue weighted by Gasteiger charge is -2.46. The van der Waals surface area contributed by atoms with Crippen molar-refractivity contribution in [2.24, 2.45) is 0 Å². The lowest BCUT2D eigenvalue weighted by molar-refractivity contribution is -0.0221. The molecule has 0 bridgehead atoms. The molecular weight excluding hydrogens is 319 g/mol. The van der Waals surface area contributed by atoms with E-state index in [4.69, 9.17) is 4.74 Å². The third-order valence-corrected chi connectivity index (χ3v) is 5.53. The lowest BCUT2D eigenvalue weighted by Crippen LogP contribution is -2.52. The average Bonchev–Trinajstić information content (AvgIpc) is 2.47. The van der Waals surface area contributed by atoms with Crippen LogP contribution in [0.5, 0.6) is 5.75 Å². The van der Waals surface area contributed by atoms with Crippen molar-refractivity contribution in [1.29, 1.82) is 0 Å². The normalized spacial score (nSPS) is 24.2. The molecule has 0 aliphatic carbocycles. The van der Waals surface area contributed by atoms with Gasteiger partial charge in [-0.15, -0.1) is 0 Å². The standard InChI is InChI=1S/C16H23FN2O3S/c1-3-19-8-6-16(7-9-19)11-14(18-23(2,20)21)13-10-12(17)4-5-15(13)22-16/h4-5,10,14,18H,3,6-9,11H2,1-2H3. The van der Waals surface area contributed by atoms with Gasteiger partial charge in [-0.05, 0) is 37.6 Å². The summed E-state index contributed by atoms with van der Waals surface area (Å²) in [4.78, 5) is 2.35. The predicted molar refractivity (Wildman–Crippen MR) is 86.4 cm³/mol. The van der Waals surface area contributed by atoms with Gasteiger partial charge >= 0.3 is 0 Å². The van der Waals surface area contributed by atoms with Crippen LogP contribution in [0, 0.1) is 5.82 Å². The summed E-state index contributed by atoms with van der Waals surface area (Å²) in [7, 11) is -3.39. The second-order valence-electron chi connectivity index (χ2n) is 6.55. The maximum absolute atomic E-state index is 13.6. The summed E-state index contributed by atoms with van der Waals surface area (Å²) in [6.07, 6.45) is 3.36. The van der Waals surface area contributed by atoms with Gasteiger partial charge in [0.1, 0.15) is 17.2 Å². The second kappa shape index (κ2) is 6.03. The number of likely N-dealkylation sites (tertiary alicyclic amines) is 1. The number of ether oxygens (including phenoxy) is 1. The van der Waals surface area contributed by atoms with Crippen molar-refractivity contribution in [3.8, 4) is 5.75 Å². The van der Waals surface area contributed by atoms with Crippen LogP contribution in [-0.2, 0) is 10.0 Å². The van der Waals surface area contributed by atoms with Crippen LogP contribution >= 0.6 is 0 Å². The zero-order valence-electron chi connectivity index (χ0n) is 13.5. The molecule has 1 atom stereocenters. The van der Waals surface area contributed by atoms with E-state index in [1.165, 1.54) is 12.1 Å². The van der Waals surface area contributed by atoms with Crippen LogP contribution in [0.1, 0.15) is 37.8 Å². The van der Waals surface area contributed by atoms with Crippen LogP contribution in [0.4, 0.5) is 4.39 Å². The largest absolute Gasteiger partial charge is 0.487 e. The number of hydrogen-bond donors (Lipinski definition) is 1. The Morgan fingerprint density at radius 2 is 2.09 bits per heavy atom. The summed E-state index contributed by atoms with van der Waals surface area (Å²) >= 11 is 0. The van der Waals surface area contributed by atoms with Crippen molar-refractivity contribution < 1.29 is 17.5 Å². The summed E-state index contributed by atoms with van der Waals surface area (Å²) in [5.74, 6) is 0.202. The van der Waals surface area contributed by atoms with Crippen LogP contribution in [0.15, 0.2) is 18.2 Å². The molecule has 1 N–H and O–H groups in total. The van der Waals surface area contributed by atoms with E-state index in [0.29, 0.717) is 17.7 Å². The van der Waals surface area contributed by atoms with E-state index in [9.17, 15) is 12.8 Å². The number of sulfonamides is 1. The quantitative estimate of drug-likeness (QED) is 0.913. The summed E-state index contributed by atoms with van der Waals surface area (Å²) in [6, 6.07) is 3.88. The minimum Gasteiger partial charge on any atom is -0.487 e. The Bertz CT molecular complexity index is 685. The minimum absolute atomic E-state index is 0.376. The lowest BCUT2D eigenvalue weighted by atomic mass is 9.81. The Kier molecular flexibility index (Phi) is 4.37. The van der Waals surface area contributed by atoms with Crippen LogP contribution in [-0.4, -0.2) is 44.8 Å². The molecule has 0 saturated carbocycles. The molecule has 2 heterocycles. The number of rotatable bonds is 3. The molecule has 0 radical (unpaired) electrons. The van der Waals surface area contributed by atoms with E-state index in [-0.39, 0.29) is 11.4 Å². The number of benzene rings is 1. The van der Waals surface area contributed by atoms with Gasteiger partial charge in [0.05, 0.1) is 12.3 Å². The summed E-state index contributed by atoms with van der Waals surface area (Å²) in [5.41, 5.74) is 0.206. The highest BCUT2D eigenvalue weighted by atomic mass is 32.2. The highest BCUT2D eigenvalue weighted by Crippen LogP contribution is 2.44. The second-order valence-corrected chi connectivity index (χ2v) is 8.33. The first-order valence-corrected chi connectivity index (χ1v) is 9.87. The molecule has 5 nitrogen and oxygen atoms in total. The number of halogens is 1. The zero-order valence-corrected chi connectivity index (χ0v) is 14.3. The number of fused-ring (bicyclic) bond motifs is 1. The Hall–Kier alpha value is -1.18. The third kappa shape index (κ3) is 3.67. The molecule has 0 amide bonds. The van der Waals surface area contributed by atoms with Gasteiger partial charge in [0.2, 0.25) is 10.0 Å². The maximum atomic E-state index is 13.6. The molecule has 1 aromatic rings. The highest BCUT2D eigenvalue weighted by molar-refractivity contribution is 7.88. The van der Waals surface area contributed by atoms with Gasteiger partial charge in [-0.1, -0.05) is 6.92 Å². The first-order chi connectivity index (χ1) is 10.8. The molecule has 7 heteroatoms. The van der Waals surface area contributed by atoms with Crippen molar-refractivity contribution in [2.75, 3.05) is 25.9 Å². The van der Waals surface area contributed by atoms with Gasteiger partial charge in [-0.3, -0.25) is 0 Å². The van der Waals surface area contributed by atoms with Crippen molar-refractivity contribution in [2.45, 2.75) is 37.8 Å². The van der Waals surface area contributed by atoms with Gasteiger partial charge < -0.3 is 9.64 Å². The first kappa shape index (κ1) is 16.7. The fraction of sp³-hybridized carbons (Fsp3) is 0.625. The smallest absolute Gasteiger partial charge is 0.209 e. The van der Waals surface area contributed by atoms with E-state index in [1.807, 2.05) is 0 Å². The molecule has 2 aliphatic rings. The summed E-state index contributed by atoms with van der Waals surface area (Å²) in [5, 5.41) is 0. The Morgan fingerprint density at radius 3 is 2.70 bits per heavy atom. The number of hydrogen-bond acceptors (Lipinski definition) is 4. The molecule has 1 aromatic carbocycles. The van der Waals surface area contributed by atoms with Gasteiger partial charge in [-0.25, -0.2) is 17.5 Å². The third-order valence-electron chi connectivity index (χ3n) is 4.82. The van der Waals surface area contributed by atoms with Crippen molar-refractivity contribution in [1.82, 2.24) is 9.62 Å². The van der Waals surface area contributed by atoms with Gasteiger partial charge in [0.15, 0.2) is 0 Å². The van der Waals surface area contributed by atoms with Crippen LogP contribution in [0.2, 0.25) is 0 Å². The molecule has 0 aromatic heterocycles. The molecular formula is C16H23FN2O3S. The van der Waals surface area contributed by atoms with Gasteiger partial charge in [0, 0.05) is 25.1 Å². The van der Waals surface area contributed by atoms with Crippen LogP contribution < -0.4 is 9.46 Å². The van der Waals surface area contributed by atoms with Crippen molar-refractivity contribution in [3.63, 3.8) is 0 Å². The van der Waals surface area contributed by atoms with E-state index >= 15 is 0 Å². The topological polar surface area (TPSA) is 58.6 Å². The van der Waals surface area contributed by atoms with E-state index in [2.05, 4.69) is 16.5 Å². The molecule has 1 spiro atoms. The zero-order chi connectivity index (χ0) is 16.7. The maximum Gasteiger partial charge on any atom is 0.209 e. The van der Waals surface area contributed by atoms with Gasteiger partial charge in [-0.2, -0.15) is 0 Å². The fourth-order valence-corrected chi connectivity index (χ4v) is 4.32. The first-order valence-electron chi connectivity index (χ1n) is 7.98. The number of nitrogens with zero attached hydrogens (tertiary/aromatic N) is 1. The summed E-state index contributed by atoms with van der Waals surface area (Å²) in [6.45, 7) is 4.99. The average molecular weight is 342 g/mol. The number of nitrogens with one attached hydrogen (secondary N) is 1. The summed E-state index contributed by atoms with van der Waals surface area (Å²) < 4.78 is 45.9. The predicted octanol–water partition coefficient (Wildman–Crippen LogP) is 2.05. The molecule has 2 aliphatic heterocycles. The molecule has 3 rings (SSSR count). The fourth-order valence-electron chi connectivity index (χ4n) is 3.59. The van der Waals surface area contributed by atoms with Gasteiger partial charge in [0.25, 0.3) is 0 Å². The van der Waals surface area contributed by atoms with E-state index < -0.39 is 16.1 Å². The highest BCUT2D eigenvalue weighted by Gasteiger charge is 2.43. The molecule has 1 unspecified atom stereocenters. The Labute approximate surface area is 136 Å². The molecule has 128 valence electrons. The van der Waals surface area contributed by atoms with Crippen molar-refractivity contribution in [3.05, 3.63) is 29.6 Å². The van der Waals surface area contributed by atoms with Crippen LogP contribution in [0.25, 0.3) is 0 Å². The van der Waals surface area contributed by atoms with E-state index in [0.717, 1.165) is 38.7 Å². The van der Waals surface area contributed by atoms with Crippen LogP contribution in [0.3, 0.4) is 0 Å². The Balaban J connectivity index is 1.92. The van der Waals surface area contributed by atoms with E-state index in [1.54, 1.807) is 6.07 Å². The molecule has 1 saturated heterocycles. The SMILES string of the molecule is CCN1CCC2(CC1)CC(NS(C)(=O)=O)c1cc(F)ccc1O2. The monoisotopic (exact) mass is 342 g/mol. The molecule has 23 heavy (non-hydrogen) atoms. The Morgan fingerprint density at radius 1 is 1.39 bits per heavy atom.